The summed E-state index contributed by atoms with van der Waals surface area (Å²) in [7, 11) is 0. The second-order valence-corrected chi connectivity index (χ2v) is 15.6. The Morgan fingerprint density at radius 3 is 1.96 bits per heavy atom. The van der Waals surface area contributed by atoms with Crippen molar-refractivity contribution in [3.05, 3.63) is 194 Å². The summed E-state index contributed by atoms with van der Waals surface area (Å²) in [4.78, 5) is 2.40. The SMILES string of the molecule is c1ccc(-n2c3ccccc3c3cc(N(c4ccc(-c5ccc6c(c5)Oc5cccc7cccc-6c57)cc4)c4ccc5sc6ccccc6c5c4)ccc32)cc1. The first-order valence-corrected chi connectivity index (χ1v) is 19.8. The summed E-state index contributed by atoms with van der Waals surface area (Å²) < 4.78 is 11.5. The highest BCUT2D eigenvalue weighted by Crippen LogP contribution is 2.48. The van der Waals surface area contributed by atoms with Crippen LogP contribution >= 0.6 is 11.3 Å². The summed E-state index contributed by atoms with van der Waals surface area (Å²) in [6.45, 7) is 0. The lowest BCUT2D eigenvalue weighted by Crippen LogP contribution is -2.09. The van der Waals surface area contributed by atoms with Crippen LogP contribution in [0.25, 0.3) is 80.7 Å². The van der Waals surface area contributed by atoms with Crippen molar-refractivity contribution >= 4 is 81.1 Å². The van der Waals surface area contributed by atoms with Gasteiger partial charge in [0.2, 0.25) is 0 Å². The average molecular weight is 733 g/mol. The van der Waals surface area contributed by atoms with E-state index >= 15 is 0 Å². The fourth-order valence-electron chi connectivity index (χ4n) is 8.80. The lowest BCUT2D eigenvalue weighted by atomic mass is 9.93. The minimum absolute atomic E-state index is 0.888. The second-order valence-electron chi connectivity index (χ2n) is 14.5. The third-order valence-electron chi connectivity index (χ3n) is 11.4. The topological polar surface area (TPSA) is 17.4 Å². The fourth-order valence-corrected chi connectivity index (χ4v) is 9.89. The van der Waals surface area contributed by atoms with E-state index in [1.165, 1.54) is 58.3 Å². The quantitative estimate of drug-likeness (QED) is 0.175. The summed E-state index contributed by atoms with van der Waals surface area (Å²) in [5, 5.41) is 7.39. The number of fused-ring (bicyclic) bond motifs is 8. The molecule has 0 saturated carbocycles. The third-order valence-corrected chi connectivity index (χ3v) is 12.5. The van der Waals surface area contributed by atoms with Gasteiger partial charge in [0.15, 0.2) is 0 Å². The molecule has 0 atom stereocenters. The van der Waals surface area contributed by atoms with Crippen LogP contribution in [0.1, 0.15) is 0 Å². The van der Waals surface area contributed by atoms with E-state index in [0.29, 0.717) is 0 Å². The van der Waals surface area contributed by atoms with Crippen molar-refractivity contribution in [2.75, 3.05) is 4.90 Å². The van der Waals surface area contributed by atoms with E-state index in [1.807, 2.05) is 11.3 Å². The lowest BCUT2D eigenvalue weighted by molar-refractivity contribution is 0.487. The van der Waals surface area contributed by atoms with E-state index in [0.717, 1.165) is 50.9 Å². The molecule has 3 heterocycles. The van der Waals surface area contributed by atoms with Gasteiger partial charge in [-0.25, -0.2) is 0 Å². The van der Waals surface area contributed by atoms with Gasteiger partial charge in [0, 0.05) is 64.6 Å². The smallest absolute Gasteiger partial charge is 0.135 e. The molecule has 0 spiro atoms. The van der Waals surface area contributed by atoms with Crippen LogP contribution in [0.15, 0.2) is 194 Å². The second kappa shape index (κ2) is 12.2. The Hall–Kier alpha value is -7.14. The number of rotatable bonds is 5. The molecule has 262 valence electrons. The first kappa shape index (κ1) is 31.2. The highest BCUT2D eigenvalue weighted by Gasteiger charge is 2.22. The number of benzene rings is 9. The van der Waals surface area contributed by atoms with E-state index < -0.39 is 0 Å². The number of para-hydroxylation sites is 2. The van der Waals surface area contributed by atoms with Crippen LogP contribution in [0.4, 0.5) is 17.1 Å². The number of hydrogen-bond acceptors (Lipinski definition) is 3. The number of nitrogens with zero attached hydrogens (tertiary/aromatic N) is 2. The van der Waals surface area contributed by atoms with Crippen LogP contribution in [0.3, 0.4) is 0 Å². The minimum Gasteiger partial charge on any atom is -0.456 e. The zero-order chi connectivity index (χ0) is 36.7. The largest absolute Gasteiger partial charge is 0.456 e. The van der Waals surface area contributed by atoms with Gasteiger partial charge in [-0.15, -0.1) is 11.3 Å². The van der Waals surface area contributed by atoms with Crippen LogP contribution in [0.5, 0.6) is 11.5 Å². The summed E-state index contributed by atoms with van der Waals surface area (Å²) in [6, 6.07) is 70.3. The van der Waals surface area contributed by atoms with Crippen LogP contribution < -0.4 is 9.64 Å². The highest BCUT2D eigenvalue weighted by molar-refractivity contribution is 7.25. The Kier molecular flexibility index (Phi) is 6.80. The van der Waals surface area contributed by atoms with Gasteiger partial charge in [0.25, 0.3) is 0 Å². The summed E-state index contributed by atoms with van der Waals surface area (Å²) in [5.74, 6) is 1.80. The van der Waals surface area contributed by atoms with E-state index in [9.17, 15) is 0 Å². The van der Waals surface area contributed by atoms with Gasteiger partial charge in [-0.2, -0.15) is 0 Å². The Balaban J connectivity index is 1.00. The molecule has 1 aliphatic heterocycles. The van der Waals surface area contributed by atoms with Crippen molar-refractivity contribution in [3.63, 3.8) is 0 Å². The van der Waals surface area contributed by atoms with Gasteiger partial charge in [0.1, 0.15) is 11.5 Å². The standard InChI is InChI=1S/C52H32N2OS/c1-2-12-36(13-3-1)54-46-17-6-4-14-40(46)44-31-38(25-28-47(44)54)53(39-26-29-51-45(32-39)42-15-5-7-19-50(42)56-51)37-23-20-33(21-24-37)35-22-27-41-43-16-8-10-34-11-9-18-48(52(34)43)55-49(41)30-35/h1-32H. The van der Waals surface area contributed by atoms with Gasteiger partial charge in [0.05, 0.1) is 11.0 Å². The van der Waals surface area contributed by atoms with Gasteiger partial charge < -0.3 is 14.2 Å². The highest BCUT2D eigenvalue weighted by atomic mass is 32.1. The monoisotopic (exact) mass is 732 g/mol. The van der Waals surface area contributed by atoms with Gasteiger partial charge in [-0.3, -0.25) is 0 Å². The van der Waals surface area contributed by atoms with E-state index in [1.54, 1.807) is 0 Å². The summed E-state index contributed by atoms with van der Waals surface area (Å²) >= 11 is 1.85. The number of anilines is 3. The first-order chi connectivity index (χ1) is 27.7. The number of aromatic nitrogens is 1. The molecule has 0 saturated heterocycles. The maximum atomic E-state index is 6.53. The Morgan fingerprint density at radius 1 is 0.411 bits per heavy atom. The molecule has 4 heteroatoms. The van der Waals surface area contributed by atoms with Crippen LogP contribution in [-0.4, -0.2) is 4.57 Å². The molecule has 3 nitrogen and oxygen atoms in total. The van der Waals surface area contributed by atoms with Crippen LogP contribution in [0.2, 0.25) is 0 Å². The van der Waals surface area contributed by atoms with Crippen molar-refractivity contribution in [3.8, 4) is 39.4 Å². The molecule has 0 fully saturated rings. The molecule has 11 aromatic rings. The van der Waals surface area contributed by atoms with Crippen molar-refractivity contribution in [1.82, 2.24) is 4.57 Å². The van der Waals surface area contributed by atoms with Crippen LogP contribution in [-0.2, 0) is 0 Å². The molecule has 12 rings (SSSR count). The molecule has 0 radical (unpaired) electrons. The molecular weight excluding hydrogens is 701 g/mol. The lowest BCUT2D eigenvalue weighted by Gasteiger charge is -2.26. The van der Waals surface area contributed by atoms with E-state index in [2.05, 4.69) is 204 Å². The van der Waals surface area contributed by atoms with Crippen molar-refractivity contribution in [2.45, 2.75) is 0 Å². The van der Waals surface area contributed by atoms with E-state index in [4.69, 9.17) is 4.74 Å². The van der Waals surface area contributed by atoms with Gasteiger partial charge in [-0.1, -0.05) is 103 Å². The predicted molar refractivity (Wildman–Crippen MR) is 237 cm³/mol. The molecule has 2 aromatic heterocycles. The molecule has 0 amide bonds. The zero-order valence-electron chi connectivity index (χ0n) is 30.2. The summed E-state index contributed by atoms with van der Waals surface area (Å²) in [6.07, 6.45) is 0. The molecule has 0 unspecified atom stereocenters. The first-order valence-electron chi connectivity index (χ1n) is 19.0. The molecule has 0 aliphatic carbocycles. The van der Waals surface area contributed by atoms with Gasteiger partial charge in [-0.05, 0) is 113 Å². The Bertz CT molecular complexity index is 3340. The normalized spacial score (nSPS) is 12.1. The third kappa shape index (κ3) is 4.76. The Labute approximate surface area is 327 Å². The molecule has 0 N–H and O–H groups in total. The van der Waals surface area contributed by atoms with Gasteiger partial charge >= 0.3 is 0 Å². The van der Waals surface area contributed by atoms with Crippen molar-refractivity contribution in [2.24, 2.45) is 0 Å². The molecular formula is C52H32N2OS. The molecule has 1 aliphatic rings. The number of ether oxygens (including phenoxy) is 1. The molecule has 9 aromatic carbocycles. The fraction of sp³-hybridized carbons (Fsp3) is 0. The summed E-state index contributed by atoms with van der Waals surface area (Å²) in [5.41, 5.74) is 11.5. The minimum atomic E-state index is 0.888. The number of thiophene rings is 1. The molecule has 56 heavy (non-hydrogen) atoms. The zero-order valence-corrected chi connectivity index (χ0v) is 31.0. The predicted octanol–water partition coefficient (Wildman–Crippen LogP) is 15.2. The maximum Gasteiger partial charge on any atom is 0.135 e. The average Bonchev–Trinajstić information content (AvgIpc) is 3.80. The molecule has 0 bridgehead atoms. The van der Waals surface area contributed by atoms with Crippen molar-refractivity contribution in [1.29, 1.82) is 0 Å². The van der Waals surface area contributed by atoms with Crippen molar-refractivity contribution < 1.29 is 4.74 Å². The Morgan fingerprint density at radius 2 is 1.09 bits per heavy atom. The van der Waals surface area contributed by atoms with E-state index in [-0.39, 0.29) is 0 Å². The van der Waals surface area contributed by atoms with Crippen LogP contribution in [0, 0.1) is 0 Å². The number of hydrogen-bond donors (Lipinski definition) is 0. The maximum absolute atomic E-state index is 6.53.